The van der Waals surface area contributed by atoms with E-state index in [2.05, 4.69) is 15.0 Å². The van der Waals surface area contributed by atoms with Crippen molar-refractivity contribution < 1.29 is 10.2 Å². The Morgan fingerprint density at radius 2 is 2.16 bits per heavy atom. The molecule has 0 unspecified atom stereocenters. The van der Waals surface area contributed by atoms with E-state index in [1.54, 1.807) is 6.33 Å². The maximum Gasteiger partial charge on any atom is 0.226 e. The van der Waals surface area contributed by atoms with E-state index in [0.717, 1.165) is 6.42 Å². The van der Waals surface area contributed by atoms with Gasteiger partial charge in [0.15, 0.2) is 11.5 Å². The largest absolute Gasteiger partial charge is 0.396 e. The number of halogens is 1. The zero-order valence-electron chi connectivity index (χ0n) is 10.1. The van der Waals surface area contributed by atoms with Crippen LogP contribution in [0.5, 0.6) is 0 Å². The van der Waals surface area contributed by atoms with Crippen molar-refractivity contribution in [1.82, 2.24) is 19.5 Å². The van der Waals surface area contributed by atoms with E-state index in [4.69, 9.17) is 17.3 Å². The minimum absolute atomic E-state index is 0.00244. The van der Waals surface area contributed by atoms with E-state index in [0.29, 0.717) is 11.2 Å². The van der Waals surface area contributed by atoms with Crippen molar-refractivity contribution in [2.24, 2.45) is 11.8 Å². The predicted molar refractivity (Wildman–Crippen MR) is 69.6 cm³/mol. The maximum absolute atomic E-state index is 9.41. The van der Waals surface area contributed by atoms with Gasteiger partial charge in [0.25, 0.3) is 0 Å². The first kappa shape index (κ1) is 12.6. The van der Waals surface area contributed by atoms with Gasteiger partial charge >= 0.3 is 0 Å². The number of nitrogens with zero attached hydrogens (tertiary/aromatic N) is 4. The first-order valence-corrected chi connectivity index (χ1v) is 6.40. The lowest BCUT2D eigenvalue weighted by Crippen LogP contribution is -2.42. The number of nitrogen functional groups attached to an aromatic ring is 1. The zero-order chi connectivity index (χ0) is 13.6. The quantitative estimate of drug-likeness (QED) is 0.695. The Labute approximate surface area is 114 Å². The van der Waals surface area contributed by atoms with Crippen LogP contribution in [0.15, 0.2) is 6.33 Å². The third kappa shape index (κ3) is 1.85. The minimum atomic E-state index is -0.00244. The second-order valence-corrected chi connectivity index (χ2v) is 5.13. The van der Waals surface area contributed by atoms with Crippen molar-refractivity contribution in [3.63, 3.8) is 0 Å². The first-order chi connectivity index (χ1) is 9.15. The van der Waals surface area contributed by atoms with Crippen LogP contribution in [0.2, 0.25) is 5.28 Å². The molecular weight excluding hydrogens is 270 g/mol. The van der Waals surface area contributed by atoms with Gasteiger partial charge in [-0.15, -0.1) is 0 Å². The molecule has 2 heterocycles. The number of fused-ring (bicyclic) bond motifs is 1. The van der Waals surface area contributed by atoms with Crippen molar-refractivity contribution in [3.05, 3.63) is 11.6 Å². The van der Waals surface area contributed by atoms with Gasteiger partial charge in [0, 0.05) is 25.2 Å². The summed E-state index contributed by atoms with van der Waals surface area (Å²) in [5.74, 6) is 0.354. The second kappa shape index (κ2) is 4.59. The van der Waals surface area contributed by atoms with Crippen LogP contribution in [0.25, 0.3) is 11.2 Å². The van der Waals surface area contributed by atoms with Gasteiger partial charge in [0.2, 0.25) is 5.28 Å². The van der Waals surface area contributed by atoms with Crippen LogP contribution in [0.3, 0.4) is 0 Å². The highest BCUT2D eigenvalue weighted by molar-refractivity contribution is 6.28. The monoisotopic (exact) mass is 283 g/mol. The van der Waals surface area contributed by atoms with Crippen molar-refractivity contribution in [1.29, 1.82) is 0 Å². The van der Waals surface area contributed by atoms with Gasteiger partial charge in [-0.3, -0.25) is 0 Å². The highest BCUT2D eigenvalue weighted by Gasteiger charge is 2.41. The van der Waals surface area contributed by atoms with Crippen molar-refractivity contribution in [3.8, 4) is 0 Å². The third-order valence-corrected chi connectivity index (χ3v) is 4.04. The van der Waals surface area contributed by atoms with Gasteiger partial charge in [0.05, 0.1) is 6.33 Å². The van der Waals surface area contributed by atoms with Crippen molar-refractivity contribution >= 4 is 28.6 Å². The fourth-order valence-electron chi connectivity index (χ4n) is 2.73. The van der Waals surface area contributed by atoms with Gasteiger partial charge in [-0.1, -0.05) is 0 Å². The molecule has 2 aromatic rings. The van der Waals surface area contributed by atoms with Gasteiger partial charge < -0.3 is 20.5 Å². The number of aromatic nitrogens is 4. The number of aliphatic hydroxyl groups excluding tert-OH is 2. The zero-order valence-corrected chi connectivity index (χ0v) is 10.8. The lowest BCUT2D eigenvalue weighted by molar-refractivity contribution is -0.00528. The molecule has 0 radical (unpaired) electrons. The molecule has 0 amide bonds. The van der Waals surface area contributed by atoms with Crippen LogP contribution < -0.4 is 5.73 Å². The fraction of sp³-hybridized carbons (Fsp3) is 0.545. The summed E-state index contributed by atoms with van der Waals surface area (Å²) in [6.07, 6.45) is 2.40. The summed E-state index contributed by atoms with van der Waals surface area (Å²) in [5, 5.41) is 18.7. The Bertz CT molecular complexity index is 616. The van der Waals surface area contributed by atoms with E-state index in [-0.39, 0.29) is 42.2 Å². The van der Waals surface area contributed by atoms with Gasteiger partial charge in [0.1, 0.15) is 5.52 Å². The number of hydrogen-bond donors (Lipinski definition) is 3. The Kier molecular flexibility index (Phi) is 3.04. The lowest BCUT2D eigenvalue weighted by atomic mass is 9.70. The van der Waals surface area contributed by atoms with Gasteiger partial charge in [-0.2, -0.15) is 9.97 Å². The molecule has 8 heteroatoms. The highest BCUT2D eigenvalue weighted by Crippen LogP contribution is 2.44. The van der Waals surface area contributed by atoms with Crippen LogP contribution in [0, 0.1) is 11.8 Å². The molecule has 0 saturated heterocycles. The molecule has 1 aliphatic rings. The summed E-state index contributed by atoms with van der Waals surface area (Å²) in [6, 6.07) is 0.0533. The fourth-order valence-corrected chi connectivity index (χ4v) is 2.90. The summed E-state index contributed by atoms with van der Waals surface area (Å²) in [6.45, 7) is 0.0934. The Hall–Kier alpha value is -1.44. The van der Waals surface area contributed by atoms with E-state index in [1.807, 2.05) is 4.57 Å². The topological polar surface area (TPSA) is 110 Å². The molecule has 4 N–H and O–H groups in total. The average Bonchev–Trinajstić information content (AvgIpc) is 2.73. The van der Waals surface area contributed by atoms with Gasteiger partial charge in [-0.05, 0) is 23.9 Å². The molecule has 7 nitrogen and oxygen atoms in total. The Morgan fingerprint density at radius 1 is 1.37 bits per heavy atom. The van der Waals surface area contributed by atoms with Crippen molar-refractivity contribution in [2.75, 3.05) is 18.9 Å². The SMILES string of the molecule is Nc1nc(Cl)nc2c1ncn2[C@@H]1C[C@@H](CO)[C@@H]1CO. The average molecular weight is 284 g/mol. The minimum Gasteiger partial charge on any atom is -0.396 e. The molecule has 102 valence electrons. The molecular formula is C11H14ClN5O2. The van der Waals surface area contributed by atoms with E-state index in [1.165, 1.54) is 0 Å². The van der Waals surface area contributed by atoms with Crippen molar-refractivity contribution in [2.45, 2.75) is 12.5 Å². The summed E-state index contributed by atoms with van der Waals surface area (Å²) >= 11 is 5.81. The molecule has 3 rings (SSSR count). The van der Waals surface area contributed by atoms with E-state index >= 15 is 0 Å². The van der Waals surface area contributed by atoms with Crippen LogP contribution in [0.1, 0.15) is 12.5 Å². The van der Waals surface area contributed by atoms with Crippen LogP contribution in [0.4, 0.5) is 5.82 Å². The number of aliphatic hydroxyl groups is 2. The molecule has 1 fully saturated rings. The number of anilines is 1. The number of hydrogen-bond acceptors (Lipinski definition) is 6. The second-order valence-electron chi connectivity index (χ2n) is 4.79. The smallest absolute Gasteiger partial charge is 0.226 e. The lowest BCUT2D eigenvalue weighted by Gasteiger charge is -2.43. The highest BCUT2D eigenvalue weighted by atomic mass is 35.5. The molecule has 0 aliphatic heterocycles. The summed E-state index contributed by atoms with van der Waals surface area (Å²) in [5.41, 5.74) is 6.82. The molecule has 0 bridgehead atoms. The normalized spacial score (nSPS) is 26.6. The maximum atomic E-state index is 9.41. The Morgan fingerprint density at radius 3 is 2.84 bits per heavy atom. The van der Waals surface area contributed by atoms with Crippen LogP contribution >= 0.6 is 11.6 Å². The summed E-state index contributed by atoms with van der Waals surface area (Å²) in [4.78, 5) is 12.2. The van der Waals surface area contributed by atoms with Crippen LogP contribution in [-0.4, -0.2) is 42.9 Å². The Balaban J connectivity index is 2.02. The first-order valence-electron chi connectivity index (χ1n) is 6.03. The molecule has 0 spiro atoms. The predicted octanol–water partition coefficient (Wildman–Crippen LogP) is 0.224. The summed E-state index contributed by atoms with van der Waals surface area (Å²) in [7, 11) is 0. The summed E-state index contributed by atoms with van der Waals surface area (Å²) < 4.78 is 1.85. The molecule has 1 aliphatic carbocycles. The third-order valence-electron chi connectivity index (χ3n) is 3.87. The number of imidazole rings is 1. The van der Waals surface area contributed by atoms with Crippen LogP contribution in [-0.2, 0) is 0 Å². The standard InChI is InChI=1S/C11H14ClN5O2/c12-11-15-9(13)8-10(16-11)17(4-14-8)7-1-5(2-18)6(7)3-19/h4-7,18-19H,1-3H2,(H2,13,15,16)/t5-,6-,7+/m0/s1. The molecule has 2 aromatic heterocycles. The molecule has 1 saturated carbocycles. The van der Waals surface area contributed by atoms with E-state index in [9.17, 15) is 10.2 Å². The molecule has 19 heavy (non-hydrogen) atoms. The number of nitrogens with two attached hydrogens (primary N) is 1. The number of rotatable bonds is 3. The van der Waals surface area contributed by atoms with Gasteiger partial charge in [-0.25, -0.2) is 4.98 Å². The molecule has 0 aromatic carbocycles. The molecule has 3 atom stereocenters. The van der Waals surface area contributed by atoms with E-state index < -0.39 is 0 Å².